The van der Waals surface area contributed by atoms with Gasteiger partial charge in [0, 0.05) is 12.0 Å². The van der Waals surface area contributed by atoms with Crippen molar-refractivity contribution in [2.24, 2.45) is 11.8 Å². The summed E-state index contributed by atoms with van der Waals surface area (Å²) >= 11 is 0. The molecule has 4 rings (SSSR count). The molecule has 6 nitrogen and oxygen atoms in total. The molecule has 2 aromatic rings. The number of ether oxygens (including phenoxy) is 1. The van der Waals surface area contributed by atoms with Crippen LogP contribution in [0.4, 0.5) is 5.82 Å². The smallest absolute Gasteiger partial charge is 0.309 e. The quantitative estimate of drug-likeness (QED) is 0.821. The number of carbonyl (C=O) groups is 2. The third-order valence-electron chi connectivity index (χ3n) is 4.75. The van der Waals surface area contributed by atoms with E-state index in [2.05, 4.69) is 10.4 Å². The maximum atomic E-state index is 12.2. The molecule has 2 fully saturated rings. The highest BCUT2D eigenvalue weighted by Crippen LogP contribution is 2.40. The van der Waals surface area contributed by atoms with Gasteiger partial charge in [0.2, 0.25) is 0 Å². The zero-order valence-electron chi connectivity index (χ0n) is 14.1. The summed E-state index contributed by atoms with van der Waals surface area (Å²) in [6.45, 7) is 1.74. The Morgan fingerprint density at radius 1 is 1.28 bits per heavy atom. The van der Waals surface area contributed by atoms with E-state index in [9.17, 15) is 9.59 Å². The maximum absolute atomic E-state index is 12.2. The van der Waals surface area contributed by atoms with Crippen LogP contribution >= 0.6 is 0 Å². The van der Waals surface area contributed by atoms with Gasteiger partial charge in [0.15, 0.2) is 6.61 Å². The number of nitrogens with one attached hydrogen (secondary N) is 1. The molecule has 0 unspecified atom stereocenters. The van der Waals surface area contributed by atoms with E-state index in [0.717, 1.165) is 30.6 Å². The second kappa shape index (κ2) is 6.35. The van der Waals surface area contributed by atoms with Gasteiger partial charge in [-0.1, -0.05) is 25.1 Å². The van der Waals surface area contributed by atoms with Crippen molar-refractivity contribution in [3.05, 3.63) is 42.1 Å². The van der Waals surface area contributed by atoms with Crippen LogP contribution in [0.5, 0.6) is 0 Å². The van der Waals surface area contributed by atoms with Crippen LogP contribution in [-0.4, -0.2) is 28.3 Å². The van der Waals surface area contributed by atoms with Crippen molar-refractivity contribution < 1.29 is 14.3 Å². The largest absolute Gasteiger partial charge is 0.455 e. The van der Waals surface area contributed by atoms with Gasteiger partial charge in [-0.3, -0.25) is 9.59 Å². The summed E-state index contributed by atoms with van der Waals surface area (Å²) in [4.78, 5) is 23.9. The van der Waals surface area contributed by atoms with E-state index < -0.39 is 0 Å². The summed E-state index contributed by atoms with van der Waals surface area (Å²) < 4.78 is 6.83. The first-order valence-corrected chi connectivity index (χ1v) is 8.73. The van der Waals surface area contributed by atoms with Crippen molar-refractivity contribution in [1.29, 1.82) is 0 Å². The van der Waals surface area contributed by atoms with Crippen LogP contribution < -0.4 is 5.32 Å². The van der Waals surface area contributed by atoms with Crippen molar-refractivity contribution in [2.45, 2.75) is 32.1 Å². The summed E-state index contributed by atoms with van der Waals surface area (Å²) in [5, 5.41) is 7.46. The highest BCUT2D eigenvalue weighted by Gasteiger charge is 2.40. The standard InChI is InChI=1S/C19H21N3O3/c1-12-9-15(12)19(24)25-11-18(23)20-17-10-16(13-7-8-13)21-22(17)14-5-3-2-4-6-14/h2-6,10,12-13,15H,7-9,11H2,1H3,(H,20,23)/t12-,15-/m1/s1. The molecule has 1 aromatic heterocycles. The Labute approximate surface area is 146 Å². The summed E-state index contributed by atoms with van der Waals surface area (Å²) in [6, 6.07) is 11.6. The van der Waals surface area contributed by atoms with Gasteiger partial charge in [-0.05, 0) is 37.3 Å². The molecule has 2 atom stereocenters. The van der Waals surface area contributed by atoms with Gasteiger partial charge < -0.3 is 10.1 Å². The predicted molar refractivity (Wildman–Crippen MR) is 92.4 cm³/mol. The third-order valence-corrected chi connectivity index (χ3v) is 4.75. The van der Waals surface area contributed by atoms with Crippen LogP contribution in [0, 0.1) is 11.8 Å². The Morgan fingerprint density at radius 2 is 2.00 bits per heavy atom. The predicted octanol–water partition coefficient (Wildman–Crippen LogP) is 2.89. The molecule has 2 aliphatic rings. The molecule has 130 valence electrons. The topological polar surface area (TPSA) is 73.2 Å². The van der Waals surface area contributed by atoms with Crippen molar-refractivity contribution >= 4 is 17.7 Å². The summed E-state index contributed by atoms with van der Waals surface area (Å²) in [5.41, 5.74) is 1.87. The van der Waals surface area contributed by atoms with Crippen LogP contribution in [-0.2, 0) is 14.3 Å². The zero-order valence-corrected chi connectivity index (χ0v) is 14.1. The molecule has 0 saturated heterocycles. The minimum absolute atomic E-state index is 0.0379. The van der Waals surface area contributed by atoms with Crippen molar-refractivity contribution in [3.8, 4) is 5.69 Å². The molecule has 1 aromatic carbocycles. The monoisotopic (exact) mass is 339 g/mol. The normalized spacial score (nSPS) is 21.6. The average molecular weight is 339 g/mol. The molecule has 6 heteroatoms. The number of benzene rings is 1. The third kappa shape index (κ3) is 3.57. The number of hydrogen-bond acceptors (Lipinski definition) is 4. The molecule has 1 heterocycles. The molecular formula is C19H21N3O3. The van der Waals surface area contributed by atoms with E-state index in [4.69, 9.17) is 4.74 Å². The molecule has 2 aliphatic carbocycles. The van der Waals surface area contributed by atoms with E-state index in [1.54, 1.807) is 4.68 Å². The van der Waals surface area contributed by atoms with E-state index in [-0.39, 0.29) is 24.4 Å². The lowest BCUT2D eigenvalue weighted by Crippen LogP contribution is -2.23. The van der Waals surface area contributed by atoms with Crippen molar-refractivity contribution in [3.63, 3.8) is 0 Å². The van der Waals surface area contributed by atoms with Crippen LogP contribution in [0.3, 0.4) is 0 Å². The van der Waals surface area contributed by atoms with E-state index in [1.807, 2.05) is 43.3 Å². The number of para-hydroxylation sites is 1. The van der Waals surface area contributed by atoms with E-state index in [0.29, 0.717) is 17.7 Å². The lowest BCUT2D eigenvalue weighted by atomic mass is 10.3. The number of carbonyl (C=O) groups excluding carboxylic acids is 2. The van der Waals surface area contributed by atoms with Crippen LogP contribution in [0.15, 0.2) is 36.4 Å². The fourth-order valence-corrected chi connectivity index (χ4v) is 2.91. The van der Waals surface area contributed by atoms with Gasteiger partial charge in [-0.15, -0.1) is 0 Å². The fraction of sp³-hybridized carbons (Fsp3) is 0.421. The zero-order chi connectivity index (χ0) is 17.4. The van der Waals surface area contributed by atoms with Crippen molar-refractivity contribution in [2.75, 3.05) is 11.9 Å². The van der Waals surface area contributed by atoms with Gasteiger partial charge in [0.25, 0.3) is 5.91 Å². The van der Waals surface area contributed by atoms with Gasteiger partial charge in [0.1, 0.15) is 5.82 Å². The van der Waals surface area contributed by atoms with E-state index in [1.165, 1.54) is 0 Å². The molecule has 1 N–H and O–H groups in total. The molecule has 0 aliphatic heterocycles. The SMILES string of the molecule is C[C@@H]1C[C@H]1C(=O)OCC(=O)Nc1cc(C2CC2)nn1-c1ccccc1. The lowest BCUT2D eigenvalue weighted by Gasteiger charge is -2.09. The highest BCUT2D eigenvalue weighted by atomic mass is 16.5. The second-order valence-electron chi connectivity index (χ2n) is 6.95. The summed E-state index contributed by atoms with van der Waals surface area (Å²) in [6.07, 6.45) is 3.12. The molecule has 1 amide bonds. The molecule has 2 saturated carbocycles. The van der Waals surface area contributed by atoms with Crippen LogP contribution in [0.2, 0.25) is 0 Å². The number of hydrogen-bond donors (Lipinski definition) is 1. The van der Waals surface area contributed by atoms with Gasteiger partial charge in [-0.2, -0.15) is 5.10 Å². The van der Waals surface area contributed by atoms with Gasteiger partial charge in [0.05, 0.1) is 17.3 Å². The number of amides is 1. The Morgan fingerprint density at radius 3 is 2.64 bits per heavy atom. The first-order valence-electron chi connectivity index (χ1n) is 8.73. The molecule has 0 spiro atoms. The van der Waals surface area contributed by atoms with Crippen molar-refractivity contribution in [1.82, 2.24) is 9.78 Å². The first kappa shape index (κ1) is 15.9. The minimum Gasteiger partial charge on any atom is -0.455 e. The molecule has 25 heavy (non-hydrogen) atoms. The van der Waals surface area contributed by atoms with Gasteiger partial charge in [-0.25, -0.2) is 4.68 Å². The second-order valence-corrected chi connectivity index (χ2v) is 6.95. The van der Waals surface area contributed by atoms with Crippen LogP contribution in [0.1, 0.15) is 37.8 Å². The highest BCUT2D eigenvalue weighted by molar-refractivity contribution is 5.92. The molecule has 0 bridgehead atoms. The lowest BCUT2D eigenvalue weighted by molar-refractivity contribution is -0.148. The van der Waals surface area contributed by atoms with Gasteiger partial charge >= 0.3 is 5.97 Å². The number of esters is 1. The number of aromatic nitrogens is 2. The van der Waals surface area contributed by atoms with E-state index >= 15 is 0 Å². The Hall–Kier alpha value is -2.63. The Balaban J connectivity index is 1.45. The maximum Gasteiger partial charge on any atom is 0.309 e. The number of rotatable bonds is 6. The number of anilines is 1. The Bertz CT molecular complexity index is 796. The molecule has 0 radical (unpaired) electrons. The van der Waals surface area contributed by atoms with Crippen LogP contribution in [0.25, 0.3) is 5.69 Å². The fourth-order valence-electron chi connectivity index (χ4n) is 2.91. The summed E-state index contributed by atoms with van der Waals surface area (Å²) in [5.74, 6) is 0.794. The minimum atomic E-state index is -0.346. The number of nitrogens with zero attached hydrogens (tertiary/aromatic N) is 2. The summed E-state index contributed by atoms with van der Waals surface area (Å²) in [7, 11) is 0. The first-order chi connectivity index (χ1) is 12.1. The Kier molecular flexibility index (Phi) is 4.03. The molecular weight excluding hydrogens is 318 g/mol. The average Bonchev–Trinajstić information content (AvgIpc) is 3.54.